The summed E-state index contributed by atoms with van der Waals surface area (Å²) in [7, 11) is 0. The average Bonchev–Trinajstić information content (AvgIpc) is 2.70. The second-order valence-corrected chi connectivity index (χ2v) is 4.20. The van der Waals surface area contributed by atoms with Crippen LogP contribution < -0.4 is 0 Å². The van der Waals surface area contributed by atoms with Crippen molar-refractivity contribution in [2.45, 2.75) is 19.4 Å². The smallest absolute Gasteiger partial charge is 0.142 e. The maximum atomic E-state index is 13.0. The van der Waals surface area contributed by atoms with Crippen LogP contribution in [0.3, 0.4) is 0 Å². The van der Waals surface area contributed by atoms with Gasteiger partial charge in [-0.3, -0.25) is 0 Å². The van der Waals surface area contributed by atoms with Crippen molar-refractivity contribution in [2.75, 3.05) is 13.2 Å². The predicted molar refractivity (Wildman–Crippen MR) is 62.2 cm³/mol. The van der Waals surface area contributed by atoms with Crippen molar-refractivity contribution in [3.05, 3.63) is 35.8 Å². The Labute approximate surface area is 98.8 Å². The van der Waals surface area contributed by atoms with Crippen LogP contribution in [-0.4, -0.2) is 18.3 Å². The Bertz CT molecular complexity index is 516. The van der Waals surface area contributed by atoms with E-state index in [0.29, 0.717) is 23.3 Å². The fourth-order valence-corrected chi connectivity index (χ4v) is 1.65. The molecule has 0 saturated carbocycles. The van der Waals surface area contributed by atoms with Crippen molar-refractivity contribution in [3.63, 3.8) is 0 Å². The van der Waals surface area contributed by atoms with Gasteiger partial charge in [0.15, 0.2) is 0 Å². The Morgan fingerprint density at radius 2 is 2.18 bits per heavy atom. The molecule has 1 heterocycles. The quantitative estimate of drug-likeness (QED) is 0.890. The number of furan rings is 1. The Kier molecular flexibility index (Phi) is 3.17. The number of aliphatic hydroxyl groups is 1. The van der Waals surface area contributed by atoms with E-state index in [1.165, 1.54) is 12.1 Å². The lowest BCUT2D eigenvalue weighted by Crippen LogP contribution is -2.27. The van der Waals surface area contributed by atoms with Crippen LogP contribution >= 0.6 is 0 Å². The van der Waals surface area contributed by atoms with Crippen LogP contribution in [0.25, 0.3) is 11.0 Å². The number of benzene rings is 1. The van der Waals surface area contributed by atoms with Crippen molar-refractivity contribution >= 4 is 11.0 Å². The van der Waals surface area contributed by atoms with Crippen molar-refractivity contribution < 1.29 is 18.7 Å². The molecule has 0 bridgehead atoms. The number of halogens is 1. The third-order valence-electron chi connectivity index (χ3n) is 2.60. The molecule has 0 aliphatic carbocycles. The molecule has 0 amide bonds. The molecule has 0 radical (unpaired) electrons. The van der Waals surface area contributed by atoms with Crippen molar-refractivity contribution in [1.29, 1.82) is 0 Å². The summed E-state index contributed by atoms with van der Waals surface area (Å²) in [5.41, 5.74) is -0.649. The third kappa shape index (κ3) is 2.48. The molecule has 1 aromatic heterocycles. The summed E-state index contributed by atoms with van der Waals surface area (Å²) in [6.07, 6.45) is 0. The molecule has 0 aliphatic heterocycles. The van der Waals surface area contributed by atoms with Gasteiger partial charge < -0.3 is 14.3 Å². The van der Waals surface area contributed by atoms with E-state index in [1.807, 2.05) is 6.92 Å². The maximum absolute atomic E-state index is 13.0. The molecule has 17 heavy (non-hydrogen) atoms. The zero-order chi connectivity index (χ0) is 12.5. The van der Waals surface area contributed by atoms with Crippen molar-refractivity contribution in [3.8, 4) is 0 Å². The van der Waals surface area contributed by atoms with E-state index < -0.39 is 5.60 Å². The number of fused-ring (bicyclic) bond motifs is 1. The largest absolute Gasteiger partial charge is 0.458 e. The molecule has 3 nitrogen and oxygen atoms in total. The first-order valence-electron chi connectivity index (χ1n) is 5.52. The topological polar surface area (TPSA) is 42.6 Å². The summed E-state index contributed by atoms with van der Waals surface area (Å²) in [6, 6.07) is 5.88. The molecule has 2 rings (SSSR count). The summed E-state index contributed by atoms with van der Waals surface area (Å²) >= 11 is 0. The van der Waals surface area contributed by atoms with Gasteiger partial charge in [0.05, 0.1) is 6.61 Å². The molecule has 2 aromatic rings. The minimum absolute atomic E-state index is 0.145. The van der Waals surface area contributed by atoms with Gasteiger partial charge in [0.2, 0.25) is 0 Å². The molecule has 92 valence electrons. The predicted octanol–water partition coefficient (Wildman–Crippen LogP) is 2.82. The SMILES string of the molecule is CCOCC(C)(O)c1cc2cc(F)ccc2o1. The monoisotopic (exact) mass is 238 g/mol. The maximum Gasteiger partial charge on any atom is 0.142 e. The van der Waals surface area contributed by atoms with Gasteiger partial charge in [-0.1, -0.05) is 0 Å². The van der Waals surface area contributed by atoms with E-state index in [-0.39, 0.29) is 12.4 Å². The number of hydrogen-bond donors (Lipinski definition) is 1. The lowest BCUT2D eigenvalue weighted by Gasteiger charge is -2.19. The normalized spacial score (nSPS) is 15.1. The van der Waals surface area contributed by atoms with E-state index in [1.54, 1.807) is 19.1 Å². The van der Waals surface area contributed by atoms with Crippen LogP contribution in [0.4, 0.5) is 4.39 Å². The molecule has 0 spiro atoms. The number of rotatable bonds is 4. The summed E-state index contributed by atoms with van der Waals surface area (Å²) < 4.78 is 23.7. The molecule has 0 aliphatic rings. The lowest BCUT2D eigenvalue weighted by molar-refractivity contribution is -0.0470. The molecule has 0 fully saturated rings. The average molecular weight is 238 g/mol. The molecule has 1 N–H and O–H groups in total. The zero-order valence-corrected chi connectivity index (χ0v) is 9.87. The second-order valence-electron chi connectivity index (χ2n) is 4.20. The first-order chi connectivity index (χ1) is 8.03. The molecule has 4 heteroatoms. The third-order valence-corrected chi connectivity index (χ3v) is 2.60. The highest BCUT2D eigenvalue weighted by atomic mass is 19.1. The van der Waals surface area contributed by atoms with Crippen LogP contribution in [0.1, 0.15) is 19.6 Å². The van der Waals surface area contributed by atoms with Crippen LogP contribution in [-0.2, 0) is 10.3 Å². The van der Waals surface area contributed by atoms with Crippen molar-refractivity contribution in [1.82, 2.24) is 0 Å². The summed E-state index contributed by atoms with van der Waals surface area (Å²) in [4.78, 5) is 0. The first-order valence-corrected chi connectivity index (χ1v) is 5.52. The number of hydrogen-bond acceptors (Lipinski definition) is 3. The van der Waals surface area contributed by atoms with Crippen LogP contribution in [0, 0.1) is 5.82 Å². The first kappa shape index (κ1) is 12.1. The molecule has 1 aromatic carbocycles. The lowest BCUT2D eigenvalue weighted by atomic mass is 10.0. The second kappa shape index (κ2) is 4.47. The fourth-order valence-electron chi connectivity index (χ4n) is 1.65. The van der Waals surface area contributed by atoms with Gasteiger partial charge in [-0.25, -0.2) is 4.39 Å². The van der Waals surface area contributed by atoms with Gasteiger partial charge >= 0.3 is 0 Å². The van der Waals surface area contributed by atoms with Gasteiger partial charge in [0.1, 0.15) is 22.8 Å². The molecule has 1 atom stereocenters. The van der Waals surface area contributed by atoms with E-state index in [9.17, 15) is 9.50 Å². The van der Waals surface area contributed by atoms with Gasteiger partial charge in [0, 0.05) is 12.0 Å². The number of ether oxygens (including phenoxy) is 1. The summed E-state index contributed by atoms with van der Waals surface area (Å²) in [6.45, 7) is 4.12. The molecule has 1 unspecified atom stereocenters. The van der Waals surface area contributed by atoms with Crippen LogP contribution in [0.2, 0.25) is 0 Å². The van der Waals surface area contributed by atoms with Gasteiger partial charge in [-0.05, 0) is 38.1 Å². The molecular weight excluding hydrogens is 223 g/mol. The minimum Gasteiger partial charge on any atom is -0.458 e. The van der Waals surface area contributed by atoms with Gasteiger partial charge in [-0.2, -0.15) is 0 Å². The van der Waals surface area contributed by atoms with E-state index in [2.05, 4.69) is 0 Å². The molecule has 0 saturated heterocycles. The van der Waals surface area contributed by atoms with E-state index in [0.717, 1.165) is 0 Å². The molecular formula is C13H15FO3. The Morgan fingerprint density at radius 1 is 1.41 bits per heavy atom. The van der Waals surface area contributed by atoms with Crippen LogP contribution in [0.15, 0.2) is 28.7 Å². The summed E-state index contributed by atoms with van der Waals surface area (Å²) in [5.74, 6) is 0.0563. The van der Waals surface area contributed by atoms with E-state index in [4.69, 9.17) is 9.15 Å². The summed E-state index contributed by atoms with van der Waals surface area (Å²) in [5, 5.41) is 10.8. The Morgan fingerprint density at radius 3 is 2.88 bits per heavy atom. The van der Waals surface area contributed by atoms with Crippen molar-refractivity contribution in [2.24, 2.45) is 0 Å². The minimum atomic E-state index is -1.20. The highest BCUT2D eigenvalue weighted by Gasteiger charge is 2.27. The highest BCUT2D eigenvalue weighted by Crippen LogP contribution is 2.28. The Hall–Kier alpha value is -1.39. The van der Waals surface area contributed by atoms with E-state index >= 15 is 0 Å². The van der Waals surface area contributed by atoms with Gasteiger partial charge in [-0.15, -0.1) is 0 Å². The Balaban J connectivity index is 2.35. The highest BCUT2D eigenvalue weighted by molar-refractivity contribution is 5.78. The van der Waals surface area contributed by atoms with Gasteiger partial charge in [0.25, 0.3) is 0 Å². The standard InChI is InChI=1S/C13H15FO3/c1-3-16-8-13(2,15)12-7-9-6-10(14)4-5-11(9)17-12/h4-7,15H,3,8H2,1-2H3. The zero-order valence-electron chi connectivity index (χ0n) is 9.87. The fraction of sp³-hybridized carbons (Fsp3) is 0.385. The van der Waals surface area contributed by atoms with Crippen LogP contribution in [0.5, 0.6) is 0 Å².